The summed E-state index contributed by atoms with van der Waals surface area (Å²) in [6.07, 6.45) is 1.99. The van der Waals surface area contributed by atoms with Crippen molar-refractivity contribution in [2.24, 2.45) is 0 Å². The molecule has 0 unspecified atom stereocenters. The van der Waals surface area contributed by atoms with Gasteiger partial charge < -0.3 is 23.8 Å². The van der Waals surface area contributed by atoms with Crippen LogP contribution >= 0.6 is 11.3 Å². The van der Waals surface area contributed by atoms with Crippen molar-refractivity contribution in [2.45, 2.75) is 32.4 Å². The number of aryl methyl sites for hydroxylation is 1. The molecule has 1 atom stereocenters. The average Bonchev–Trinajstić information content (AvgIpc) is 3.63. The number of aromatic nitrogens is 1. The topological polar surface area (TPSA) is 70.1 Å². The van der Waals surface area contributed by atoms with Gasteiger partial charge in [-0.05, 0) is 61.7 Å². The van der Waals surface area contributed by atoms with Crippen LogP contribution in [0.15, 0.2) is 54.6 Å². The summed E-state index contributed by atoms with van der Waals surface area (Å²) in [6.45, 7) is 3.66. The van der Waals surface area contributed by atoms with E-state index in [4.69, 9.17) is 23.9 Å². The van der Waals surface area contributed by atoms with Gasteiger partial charge in [0, 0.05) is 41.6 Å². The zero-order valence-electron chi connectivity index (χ0n) is 22.2. The Balaban J connectivity index is 1.62. The van der Waals surface area contributed by atoms with Crippen LogP contribution in [-0.4, -0.2) is 56.4 Å². The second-order valence-electron chi connectivity index (χ2n) is 9.36. The molecule has 1 saturated heterocycles. The van der Waals surface area contributed by atoms with Gasteiger partial charge in [-0.2, -0.15) is 0 Å². The highest BCUT2D eigenvalue weighted by atomic mass is 32.1. The monoisotopic (exact) mass is 532 g/mol. The zero-order valence-corrected chi connectivity index (χ0v) is 23.0. The molecule has 38 heavy (non-hydrogen) atoms. The summed E-state index contributed by atoms with van der Waals surface area (Å²) in [6, 6.07) is 17.6. The standard InChI is InChI=1S/C30H32N2O5S/c1-19-10-11-28(38-19)30(33)32(18-24-9-6-12-37-24)17-22-13-21-15-26(35-3)27(36-4)16-25(21)31-29(22)20-7-5-8-23(14-20)34-2/h5,7-8,10-11,13-16,24H,6,9,12,17-18H2,1-4H3/t24-/m0/s1. The molecule has 1 aliphatic rings. The first kappa shape index (κ1) is 26.0. The van der Waals surface area contributed by atoms with Gasteiger partial charge in [0.1, 0.15) is 5.75 Å². The fraction of sp³-hybridized carbons (Fsp3) is 0.333. The lowest BCUT2D eigenvalue weighted by Crippen LogP contribution is -2.36. The second-order valence-corrected chi connectivity index (χ2v) is 10.6. The number of hydrogen-bond donors (Lipinski definition) is 0. The molecule has 1 fully saturated rings. The van der Waals surface area contributed by atoms with E-state index in [0.717, 1.165) is 62.7 Å². The van der Waals surface area contributed by atoms with Crippen LogP contribution in [0.5, 0.6) is 17.2 Å². The Morgan fingerprint density at radius 3 is 2.55 bits per heavy atom. The number of nitrogens with zero attached hydrogens (tertiary/aromatic N) is 2. The number of carbonyl (C=O) groups excluding carboxylic acids is 1. The number of pyridine rings is 1. The number of thiophene rings is 1. The lowest BCUT2D eigenvalue weighted by Gasteiger charge is -2.26. The third kappa shape index (κ3) is 5.47. The summed E-state index contributed by atoms with van der Waals surface area (Å²) in [5.74, 6) is 1.98. The van der Waals surface area contributed by atoms with Gasteiger partial charge in [-0.1, -0.05) is 12.1 Å². The van der Waals surface area contributed by atoms with Crippen LogP contribution in [-0.2, 0) is 11.3 Å². The van der Waals surface area contributed by atoms with E-state index in [-0.39, 0.29) is 12.0 Å². The summed E-state index contributed by atoms with van der Waals surface area (Å²) in [5, 5.41) is 0.903. The predicted octanol–water partition coefficient (Wildman–Crippen LogP) is 6.12. The van der Waals surface area contributed by atoms with E-state index in [2.05, 4.69) is 6.07 Å². The smallest absolute Gasteiger partial charge is 0.264 e. The van der Waals surface area contributed by atoms with Crippen LogP contribution in [0.1, 0.15) is 33.0 Å². The molecule has 4 aromatic rings. The third-order valence-electron chi connectivity index (χ3n) is 6.79. The van der Waals surface area contributed by atoms with Crippen molar-refractivity contribution in [1.82, 2.24) is 9.88 Å². The van der Waals surface area contributed by atoms with Crippen molar-refractivity contribution in [2.75, 3.05) is 34.5 Å². The van der Waals surface area contributed by atoms with E-state index in [1.807, 2.05) is 60.4 Å². The van der Waals surface area contributed by atoms with Crippen LogP contribution in [0.3, 0.4) is 0 Å². The van der Waals surface area contributed by atoms with E-state index in [1.54, 1.807) is 21.3 Å². The molecule has 0 N–H and O–H groups in total. The molecule has 0 radical (unpaired) electrons. The van der Waals surface area contributed by atoms with Crippen molar-refractivity contribution < 1.29 is 23.7 Å². The molecule has 2 aromatic heterocycles. The summed E-state index contributed by atoms with van der Waals surface area (Å²) in [4.78, 5) is 22.5. The Labute approximate surface area is 226 Å². The van der Waals surface area contributed by atoms with E-state index in [9.17, 15) is 4.79 Å². The van der Waals surface area contributed by atoms with Crippen molar-refractivity contribution in [3.63, 3.8) is 0 Å². The number of ether oxygens (including phenoxy) is 4. The summed E-state index contributed by atoms with van der Waals surface area (Å²) in [7, 11) is 4.88. The Morgan fingerprint density at radius 2 is 1.87 bits per heavy atom. The summed E-state index contributed by atoms with van der Waals surface area (Å²) >= 11 is 1.52. The molecular weight excluding hydrogens is 500 g/mol. The highest BCUT2D eigenvalue weighted by molar-refractivity contribution is 7.13. The lowest BCUT2D eigenvalue weighted by atomic mass is 10.0. The number of rotatable bonds is 9. The molecule has 198 valence electrons. The van der Waals surface area contributed by atoms with Crippen molar-refractivity contribution in [3.05, 3.63) is 69.9 Å². The molecular formula is C30H32N2O5S. The quantitative estimate of drug-likeness (QED) is 0.259. The van der Waals surface area contributed by atoms with Gasteiger partial charge in [0.25, 0.3) is 5.91 Å². The van der Waals surface area contributed by atoms with E-state index in [0.29, 0.717) is 24.6 Å². The molecule has 1 amide bonds. The lowest BCUT2D eigenvalue weighted by molar-refractivity contribution is 0.0511. The van der Waals surface area contributed by atoms with Crippen LogP contribution < -0.4 is 14.2 Å². The second kappa shape index (κ2) is 11.4. The minimum absolute atomic E-state index is 0.00241. The molecule has 0 bridgehead atoms. The molecule has 8 heteroatoms. The highest BCUT2D eigenvalue weighted by Gasteiger charge is 2.26. The Bertz CT molecular complexity index is 1440. The van der Waals surface area contributed by atoms with Gasteiger partial charge in [0.05, 0.1) is 43.5 Å². The van der Waals surface area contributed by atoms with Gasteiger partial charge in [0.2, 0.25) is 0 Å². The summed E-state index contributed by atoms with van der Waals surface area (Å²) in [5.41, 5.74) is 3.40. The number of hydrogen-bond acceptors (Lipinski definition) is 7. The number of methoxy groups -OCH3 is 3. The van der Waals surface area contributed by atoms with Crippen LogP contribution in [0.2, 0.25) is 0 Å². The van der Waals surface area contributed by atoms with Crippen molar-refractivity contribution >= 4 is 28.1 Å². The van der Waals surface area contributed by atoms with Crippen LogP contribution in [0.25, 0.3) is 22.2 Å². The first-order valence-electron chi connectivity index (χ1n) is 12.7. The molecule has 2 aromatic carbocycles. The van der Waals surface area contributed by atoms with Crippen molar-refractivity contribution in [3.8, 4) is 28.5 Å². The molecule has 0 saturated carbocycles. The maximum absolute atomic E-state index is 13.7. The molecule has 5 rings (SSSR count). The van der Waals surface area contributed by atoms with E-state index in [1.165, 1.54) is 11.3 Å². The fourth-order valence-electron chi connectivity index (χ4n) is 4.85. The molecule has 7 nitrogen and oxygen atoms in total. The maximum atomic E-state index is 13.7. The largest absolute Gasteiger partial charge is 0.497 e. The number of carbonyl (C=O) groups is 1. The van der Waals surface area contributed by atoms with E-state index >= 15 is 0 Å². The highest BCUT2D eigenvalue weighted by Crippen LogP contribution is 2.35. The van der Waals surface area contributed by atoms with Gasteiger partial charge in [0.15, 0.2) is 11.5 Å². The minimum atomic E-state index is 0.00241. The summed E-state index contributed by atoms with van der Waals surface area (Å²) < 4.78 is 22.5. The molecule has 0 aliphatic carbocycles. The van der Waals surface area contributed by atoms with Gasteiger partial charge in [-0.15, -0.1) is 11.3 Å². The average molecular weight is 533 g/mol. The SMILES string of the molecule is COc1cccc(-c2nc3cc(OC)c(OC)cc3cc2CN(C[C@@H]2CCCO2)C(=O)c2ccc(C)s2)c1. The van der Waals surface area contributed by atoms with Gasteiger partial charge in [-0.25, -0.2) is 4.98 Å². The molecule has 3 heterocycles. The first-order chi connectivity index (χ1) is 18.5. The van der Waals surface area contributed by atoms with Crippen molar-refractivity contribution in [1.29, 1.82) is 0 Å². The van der Waals surface area contributed by atoms with Crippen LogP contribution in [0.4, 0.5) is 0 Å². The van der Waals surface area contributed by atoms with Gasteiger partial charge >= 0.3 is 0 Å². The fourth-order valence-corrected chi connectivity index (χ4v) is 5.69. The third-order valence-corrected chi connectivity index (χ3v) is 7.78. The Hall–Kier alpha value is -3.62. The predicted molar refractivity (Wildman–Crippen MR) is 150 cm³/mol. The Kier molecular flexibility index (Phi) is 7.81. The Morgan fingerprint density at radius 1 is 1.05 bits per heavy atom. The zero-order chi connectivity index (χ0) is 26.6. The van der Waals surface area contributed by atoms with Crippen LogP contribution in [0, 0.1) is 6.92 Å². The minimum Gasteiger partial charge on any atom is -0.497 e. The number of benzene rings is 2. The molecule has 0 spiro atoms. The number of fused-ring (bicyclic) bond motifs is 1. The van der Waals surface area contributed by atoms with Gasteiger partial charge in [-0.3, -0.25) is 4.79 Å². The van der Waals surface area contributed by atoms with E-state index < -0.39 is 0 Å². The normalized spacial score (nSPS) is 15.0. The molecule has 1 aliphatic heterocycles. The number of amides is 1. The first-order valence-corrected chi connectivity index (χ1v) is 13.5. The maximum Gasteiger partial charge on any atom is 0.264 e.